The van der Waals surface area contributed by atoms with Crippen LogP contribution in [0.1, 0.15) is 43.0 Å². The van der Waals surface area contributed by atoms with Crippen LogP contribution in [0.2, 0.25) is 0 Å². The van der Waals surface area contributed by atoms with E-state index >= 15 is 0 Å². The van der Waals surface area contributed by atoms with Crippen LogP contribution in [0.25, 0.3) is 0 Å². The molecule has 7 heteroatoms. The van der Waals surface area contributed by atoms with Gasteiger partial charge in [0.05, 0.1) is 12.0 Å². The van der Waals surface area contributed by atoms with E-state index in [1.54, 1.807) is 24.3 Å². The van der Waals surface area contributed by atoms with Crippen LogP contribution in [0, 0.1) is 5.92 Å². The number of carboxylic acids is 1. The summed E-state index contributed by atoms with van der Waals surface area (Å²) in [5.41, 5.74) is 0.917. The average molecular weight is 360 g/mol. The quantitative estimate of drug-likeness (QED) is 0.810. The van der Waals surface area contributed by atoms with Gasteiger partial charge >= 0.3 is 5.97 Å². The Morgan fingerprint density at radius 2 is 2.12 bits per heavy atom. The zero-order valence-corrected chi connectivity index (χ0v) is 14.8. The number of nitrogens with one attached hydrogen (secondary N) is 1. The molecule has 1 heterocycles. The number of carbonyl (C=O) groups excluding carboxylic acids is 2. The molecule has 1 aromatic rings. The SMILES string of the molecule is CCOC1CC1C(=O)Nc1cccc(C(=O)N2CCCCC2C(=O)O)c1. The van der Waals surface area contributed by atoms with Crippen LogP contribution in [0.3, 0.4) is 0 Å². The number of anilines is 1. The van der Waals surface area contributed by atoms with Crippen LogP contribution in [0.4, 0.5) is 5.69 Å². The molecule has 0 bridgehead atoms. The molecule has 26 heavy (non-hydrogen) atoms. The number of hydrogen-bond donors (Lipinski definition) is 2. The molecule has 3 unspecified atom stereocenters. The van der Waals surface area contributed by atoms with Crippen LogP contribution < -0.4 is 5.32 Å². The molecule has 140 valence electrons. The number of ether oxygens (including phenoxy) is 1. The third kappa shape index (κ3) is 4.04. The fourth-order valence-electron chi connectivity index (χ4n) is 3.41. The number of amides is 2. The van der Waals surface area contributed by atoms with Gasteiger partial charge in [-0.15, -0.1) is 0 Å². The van der Waals surface area contributed by atoms with E-state index in [4.69, 9.17) is 4.74 Å². The Labute approximate surface area is 152 Å². The van der Waals surface area contributed by atoms with E-state index in [0.29, 0.717) is 37.2 Å². The fourth-order valence-corrected chi connectivity index (χ4v) is 3.41. The van der Waals surface area contributed by atoms with Gasteiger partial charge in [0.25, 0.3) is 5.91 Å². The molecule has 1 aliphatic heterocycles. The van der Waals surface area contributed by atoms with Crippen LogP contribution >= 0.6 is 0 Å². The first-order chi connectivity index (χ1) is 12.5. The van der Waals surface area contributed by atoms with Crippen molar-refractivity contribution in [2.45, 2.75) is 44.8 Å². The van der Waals surface area contributed by atoms with E-state index in [2.05, 4.69) is 5.32 Å². The third-order valence-electron chi connectivity index (χ3n) is 4.88. The maximum atomic E-state index is 12.8. The first kappa shape index (κ1) is 18.4. The lowest BCUT2D eigenvalue weighted by atomic mass is 10.0. The number of rotatable bonds is 6. The Kier molecular flexibility index (Phi) is 5.56. The minimum absolute atomic E-state index is 0.0190. The van der Waals surface area contributed by atoms with Gasteiger partial charge in [-0.3, -0.25) is 9.59 Å². The van der Waals surface area contributed by atoms with E-state index in [9.17, 15) is 19.5 Å². The van der Waals surface area contributed by atoms with Gasteiger partial charge in [-0.25, -0.2) is 4.79 Å². The summed E-state index contributed by atoms with van der Waals surface area (Å²) in [5, 5.41) is 12.2. The zero-order chi connectivity index (χ0) is 18.7. The summed E-state index contributed by atoms with van der Waals surface area (Å²) in [6.45, 7) is 2.91. The molecule has 0 radical (unpaired) electrons. The van der Waals surface area contributed by atoms with Gasteiger partial charge in [0, 0.05) is 24.4 Å². The molecule has 1 saturated heterocycles. The van der Waals surface area contributed by atoms with E-state index in [0.717, 1.165) is 12.8 Å². The molecule has 0 spiro atoms. The van der Waals surface area contributed by atoms with Crippen molar-refractivity contribution in [2.75, 3.05) is 18.5 Å². The molecule has 2 fully saturated rings. The highest BCUT2D eigenvalue weighted by molar-refractivity contribution is 5.99. The molecular formula is C19H24N2O5. The minimum Gasteiger partial charge on any atom is -0.480 e. The lowest BCUT2D eigenvalue weighted by molar-refractivity contribution is -0.143. The van der Waals surface area contributed by atoms with Crippen molar-refractivity contribution in [1.29, 1.82) is 0 Å². The molecular weight excluding hydrogens is 336 g/mol. The molecule has 3 atom stereocenters. The first-order valence-corrected chi connectivity index (χ1v) is 9.07. The van der Waals surface area contributed by atoms with Crippen molar-refractivity contribution >= 4 is 23.5 Å². The summed E-state index contributed by atoms with van der Waals surface area (Å²) in [4.78, 5) is 37.8. The summed E-state index contributed by atoms with van der Waals surface area (Å²) in [5.74, 6) is -1.55. The Morgan fingerprint density at radius 1 is 1.31 bits per heavy atom. The van der Waals surface area contributed by atoms with Gasteiger partial charge < -0.3 is 20.1 Å². The molecule has 1 aliphatic carbocycles. The van der Waals surface area contributed by atoms with Gasteiger partial charge in [0.1, 0.15) is 6.04 Å². The summed E-state index contributed by atoms with van der Waals surface area (Å²) >= 11 is 0. The number of likely N-dealkylation sites (tertiary alicyclic amines) is 1. The van der Waals surface area contributed by atoms with Gasteiger partial charge in [0.2, 0.25) is 5.91 Å². The van der Waals surface area contributed by atoms with Crippen molar-refractivity contribution in [1.82, 2.24) is 4.90 Å². The second kappa shape index (κ2) is 7.86. The van der Waals surface area contributed by atoms with Crippen LogP contribution in [-0.4, -0.2) is 53.1 Å². The Hall–Kier alpha value is -2.41. The third-order valence-corrected chi connectivity index (χ3v) is 4.88. The predicted octanol–water partition coefficient (Wildman–Crippen LogP) is 2.13. The Bertz CT molecular complexity index is 705. The second-order valence-corrected chi connectivity index (χ2v) is 6.75. The number of carboxylic acid groups (broad SMARTS) is 1. The molecule has 2 amide bonds. The predicted molar refractivity (Wildman–Crippen MR) is 94.9 cm³/mol. The number of benzene rings is 1. The van der Waals surface area contributed by atoms with Crippen molar-refractivity contribution < 1.29 is 24.2 Å². The van der Waals surface area contributed by atoms with Crippen LogP contribution in [0.15, 0.2) is 24.3 Å². The number of hydrogen-bond acceptors (Lipinski definition) is 4. The zero-order valence-electron chi connectivity index (χ0n) is 14.8. The van der Waals surface area contributed by atoms with Crippen molar-refractivity contribution in [3.8, 4) is 0 Å². The first-order valence-electron chi connectivity index (χ1n) is 9.07. The number of aliphatic carboxylic acids is 1. The van der Waals surface area contributed by atoms with Crippen molar-refractivity contribution in [2.24, 2.45) is 5.92 Å². The van der Waals surface area contributed by atoms with Crippen LogP contribution in [0.5, 0.6) is 0 Å². The van der Waals surface area contributed by atoms with E-state index in [-0.39, 0.29) is 23.8 Å². The topological polar surface area (TPSA) is 95.9 Å². The highest BCUT2D eigenvalue weighted by atomic mass is 16.5. The lowest BCUT2D eigenvalue weighted by Crippen LogP contribution is -2.48. The number of piperidine rings is 1. The number of carbonyl (C=O) groups is 3. The summed E-state index contributed by atoms with van der Waals surface area (Å²) < 4.78 is 5.42. The summed E-state index contributed by atoms with van der Waals surface area (Å²) in [6.07, 6.45) is 2.77. The maximum absolute atomic E-state index is 12.8. The van der Waals surface area contributed by atoms with Crippen molar-refractivity contribution in [3.05, 3.63) is 29.8 Å². The van der Waals surface area contributed by atoms with Gasteiger partial charge in [0.15, 0.2) is 0 Å². The second-order valence-electron chi connectivity index (χ2n) is 6.75. The number of nitrogens with zero attached hydrogens (tertiary/aromatic N) is 1. The fraction of sp³-hybridized carbons (Fsp3) is 0.526. The van der Waals surface area contributed by atoms with Crippen molar-refractivity contribution in [3.63, 3.8) is 0 Å². The van der Waals surface area contributed by atoms with Gasteiger partial charge in [-0.2, -0.15) is 0 Å². The largest absolute Gasteiger partial charge is 0.480 e. The molecule has 2 N–H and O–H groups in total. The maximum Gasteiger partial charge on any atom is 0.326 e. The summed E-state index contributed by atoms with van der Waals surface area (Å²) in [6, 6.07) is 5.87. The normalized spacial score (nSPS) is 24.8. The molecule has 1 aromatic carbocycles. The van der Waals surface area contributed by atoms with E-state index in [1.165, 1.54) is 4.90 Å². The monoisotopic (exact) mass is 360 g/mol. The molecule has 7 nitrogen and oxygen atoms in total. The lowest BCUT2D eigenvalue weighted by Gasteiger charge is -2.33. The average Bonchev–Trinajstić information content (AvgIpc) is 3.41. The highest BCUT2D eigenvalue weighted by Crippen LogP contribution is 2.34. The molecule has 2 aliphatic rings. The van der Waals surface area contributed by atoms with E-state index in [1.807, 2.05) is 6.92 Å². The van der Waals surface area contributed by atoms with Crippen LogP contribution in [-0.2, 0) is 14.3 Å². The smallest absolute Gasteiger partial charge is 0.326 e. The minimum atomic E-state index is -0.974. The molecule has 3 rings (SSSR count). The molecule has 1 saturated carbocycles. The van der Waals surface area contributed by atoms with E-state index < -0.39 is 12.0 Å². The molecule has 0 aromatic heterocycles. The van der Waals surface area contributed by atoms with Gasteiger partial charge in [-0.1, -0.05) is 6.07 Å². The Balaban J connectivity index is 1.67. The Morgan fingerprint density at radius 3 is 2.85 bits per heavy atom. The van der Waals surface area contributed by atoms with Gasteiger partial charge in [-0.05, 0) is 50.8 Å². The standard InChI is InChI=1S/C19H24N2O5/c1-2-26-16-11-14(16)17(22)20-13-7-5-6-12(10-13)18(23)21-9-4-3-8-15(21)19(24)25/h5-7,10,14-16H,2-4,8-9,11H2,1H3,(H,20,22)(H,24,25). The highest BCUT2D eigenvalue weighted by Gasteiger charge is 2.44. The summed E-state index contributed by atoms with van der Waals surface area (Å²) in [7, 11) is 0.